The van der Waals surface area contributed by atoms with Crippen LogP contribution in [0, 0.1) is 20.8 Å². The monoisotopic (exact) mass is 419 g/mol. The molecule has 0 spiro atoms. The Morgan fingerprint density at radius 3 is 2.43 bits per heavy atom. The minimum absolute atomic E-state index is 0.0605. The number of amides is 1. The van der Waals surface area contributed by atoms with E-state index in [0.717, 1.165) is 12.1 Å². The van der Waals surface area contributed by atoms with Gasteiger partial charge in [-0.3, -0.25) is 14.6 Å². The molecule has 10 heteroatoms. The normalized spacial score (nSPS) is 11.6. The number of anilines is 1. The number of nitrogens with zero attached hydrogens (tertiary/aromatic N) is 3. The second kappa shape index (κ2) is 7.77. The third-order valence-corrected chi connectivity index (χ3v) is 4.83. The highest BCUT2D eigenvalue weighted by Crippen LogP contribution is 2.32. The third-order valence-electron chi connectivity index (χ3n) is 4.83. The Bertz CT molecular complexity index is 1180. The van der Waals surface area contributed by atoms with Gasteiger partial charge in [-0.1, -0.05) is 19.1 Å². The zero-order chi connectivity index (χ0) is 22.2. The van der Waals surface area contributed by atoms with Crippen molar-refractivity contribution in [2.75, 3.05) is 5.32 Å². The van der Waals surface area contributed by atoms with E-state index in [2.05, 4.69) is 20.4 Å². The highest BCUT2D eigenvalue weighted by atomic mass is 19.4. The molecule has 0 fully saturated rings. The molecule has 2 heterocycles. The van der Waals surface area contributed by atoms with E-state index in [9.17, 15) is 22.8 Å². The Balaban J connectivity index is 2.08. The molecule has 0 aliphatic rings. The molecule has 0 saturated heterocycles. The fourth-order valence-corrected chi connectivity index (χ4v) is 3.12. The highest BCUT2D eigenvalue weighted by Gasteiger charge is 2.35. The van der Waals surface area contributed by atoms with E-state index in [1.807, 2.05) is 6.92 Å². The fraction of sp³-hybridized carbons (Fsp3) is 0.300. The Morgan fingerprint density at radius 1 is 1.17 bits per heavy atom. The van der Waals surface area contributed by atoms with Gasteiger partial charge in [-0.25, -0.2) is 4.98 Å². The van der Waals surface area contributed by atoms with Crippen molar-refractivity contribution in [3.8, 4) is 5.95 Å². The summed E-state index contributed by atoms with van der Waals surface area (Å²) in [5.41, 5.74) is 0.171. The number of benzene rings is 1. The maximum absolute atomic E-state index is 13.3. The van der Waals surface area contributed by atoms with Gasteiger partial charge >= 0.3 is 6.18 Å². The van der Waals surface area contributed by atoms with Crippen molar-refractivity contribution >= 4 is 11.7 Å². The van der Waals surface area contributed by atoms with E-state index < -0.39 is 23.2 Å². The minimum Gasteiger partial charge on any atom is -0.306 e. The lowest BCUT2D eigenvalue weighted by molar-refractivity contribution is -0.137. The number of halogens is 3. The second-order valence-corrected chi connectivity index (χ2v) is 6.78. The summed E-state index contributed by atoms with van der Waals surface area (Å²) in [6.45, 7) is 6.84. The van der Waals surface area contributed by atoms with Gasteiger partial charge in [-0.2, -0.15) is 23.0 Å². The maximum Gasteiger partial charge on any atom is 0.417 e. The summed E-state index contributed by atoms with van der Waals surface area (Å²) in [5, 5.41) is 6.78. The second-order valence-electron chi connectivity index (χ2n) is 6.78. The summed E-state index contributed by atoms with van der Waals surface area (Å²) < 4.78 is 41.1. The summed E-state index contributed by atoms with van der Waals surface area (Å²) in [6.07, 6.45) is -4.19. The van der Waals surface area contributed by atoms with Crippen molar-refractivity contribution in [1.29, 1.82) is 0 Å². The molecule has 0 aliphatic carbocycles. The van der Waals surface area contributed by atoms with Gasteiger partial charge in [0.1, 0.15) is 5.82 Å². The molecule has 30 heavy (non-hydrogen) atoms. The number of aromatic amines is 1. The first-order valence-corrected chi connectivity index (χ1v) is 9.18. The van der Waals surface area contributed by atoms with Crippen molar-refractivity contribution in [2.45, 2.75) is 40.3 Å². The summed E-state index contributed by atoms with van der Waals surface area (Å²) in [5.74, 6) is -0.761. The van der Waals surface area contributed by atoms with Gasteiger partial charge in [0, 0.05) is 16.8 Å². The molecule has 0 bridgehead atoms. The molecule has 0 radical (unpaired) electrons. The molecule has 158 valence electrons. The predicted octanol–water partition coefficient (Wildman–Crippen LogP) is 3.71. The number of aryl methyl sites for hydroxylation is 2. The number of rotatable bonds is 4. The van der Waals surface area contributed by atoms with Crippen LogP contribution in [0.25, 0.3) is 5.95 Å². The predicted molar refractivity (Wildman–Crippen MR) is 105 cm³/mol. The molecule has 3 rings (SSSR count). The number of H-pyrrole nitrogens is 1. The van der Waals surface area contributed by atoms with Gasteiger partial charge in [-0.05, 0) is 39.3 Å². The zero-order valence-electron chi connectivity index (χ0n) is 16.8. The summed E-state index contributed by atoms with van der Waals surface area (Å²) >= 11 is 0. The van der Waals surface area contributed by atoms with Gasteiger partial charge < -0.3 is 5.32 Å². The first kappa shape index (κ1) is 21.3. The van der Waals surface area contributed by atoms with E-state index in [1.165, 1.54) is 16.8 Å². The lowest BCUT2D eigenvalue weighted by Crippen LogP contribution is -2.23. The van der Waals surface area contributed by atoms with Gasteiger partial charge in [-0.15, -0.1) is 0 Å². The molecule has 1 aromatic carbocycles. The summed E-state index contributed by atoms with van der Waals surface area (Å²) in [4.78, 5) is 32.0. The van der Waals surface area contributed by atoms with E-state index >= 15 is 0 Å². The van der Waals surface area contributed by atoms with Crippen molar-refractivity contribution in [3.05, 3.63) is 68.3 Å². The number of nitrogens with one attached hydrogen (secondary N) is 2. The van der Waals surface area contributed by atoms with Gasteiger partial charge in [0.05, 0.1) is 16.8 Å². The van der Waals surface area contributed by atoms with E-state index in [1.54, 1.807) is 20.8 Å². The van der Waals surface area contributed by atoms with Crippen molar-refractivity contribution < 1.29 is 18.0 Å². The first-order valence-electron chi connectivity index (χ1n) is 9.18. The quantitative estimate of drug-likeness (QED) is 0.674. The van der Waals surface area contributed by atoms with E-state index in [-0.39, 0.29) is 17.3 Å². The molecule has 2 N–H and O–H groups in total. The van der Waals surface area contributed by atoms with Crippen LogP contribution >= 0.6 is 0 Å². The van der Waals surface area contributed by atoms with Crippen molar-refractivity contribution in [1.82, 2.24) is 19.7 Å². The number of carbonyl (C=O) groups is 1. The fourth-order valence-electron chi connectivity index (χ4n) is 3.12. The Morgan fingerprint density at radius 2 is 1.83 bits per heavy atom. The molecule has 3 aromatic rings. The Kier molecular flexibility index (Phi) is 5.51. The smallest absolute Gasteiger partial charge is 0.306 e. The highest BCUT2D eigenvalue weighted by molar-refractivity contribution is 6.05. The van der Waals surface area contributed by atoms with Crippen LogP contribution in [0.1, 0.15) is 45.4 Å². The van der Waals surface area contributed by atoms with Gasteiger partial charge in [0.25, 0.3) is 11.5 Å². The number of hydrogen-bond donors (Lipinski definition) is 2. The molecule has 1 amide bonds. The Hall–Kier alpha value is -3.43. The molecule has 2 aromatic heterocycles. The largest absolute Gasteiger partial charge is 0.417 e. The van der Waals surface area contributed by atoms with Crippen LogP contribution in [-0.2, 0) is 12.6 Å². The molecule has 0 unspecified atom stereocenters. The van der Waals surface area contributed by atoms with Crippen LogP contribution in [0.15, 0.2) is 29.1 Å². The lowest BCUT2D eigenvalue weighted by Gasteiger charge is -2.14. The van der Waals surface area contributed by atoms with Gasteiger partial charge in [0.2, 0.25) is 5.95 Å². The zero-order valence-corrected chi connectivity index (χ0v) is 16.8. The average Bonchev–Trinajstić information content (AvgIpc) is 2.95. The van der Waals surface area contributed by atoms with Crippen molar-refractivity contribution in [2.24, 2.45) is 0 Å². The van der Waals surface area contributed by atoms with Crippen molar-refractivity contribution in [3.63, 3.8) is 0 Å². The van der Waals surface area contributed by atoms with Crippen LogP contribution in [-0.4, -0.2) is 25.7 Å². The summed E-state index contributed by atoms with van der Waals surface area (Å²) in [6, 6.07) is 4.51. The lowest BCUT2D eigenvalue weighted by atomic mass is 10.1. The SMILES string of the molecule is CCc1c(C)nc(-n2nc(C)c(C)c2NC(=O)c2ccccc2C(F)(F)F)[nH]c1=O. The molecule has 0 aliphatic heterocycles. The number of alkyl halides is 3. The molecule has 7 nitrogen and oxygen atoms in total. The molecular weight excluding hydrogens is 399 g/mol. The number of hydrogen-bond acceptors (Lipinski definition) is 4. The third kappa shape index (κ3) is 3.85. The number of aromatic nitrogens is 4. The average molecular weight is 419 g/mol. The van der Waals surface area contributed by atoms with Crippen LogP contribution < -0.4 is 10.9 Å². The van der Waals surface area contributed by atoms with Crippen LogP contribution in [0.3, 0.4) is 0 Å². The first-order chi connectivity index (χ1) is 14.0. The summed E-state index contributed by atoms with van der Waals surface area (Å²) in [7, 11) is 0. The van der Waals surface area contributed by atoms with Crippen LogP contribution in [0.5, 0.6) is 0 Å². The van der Waals surface area contributed by atoms with Crippen LogP contribution in [0.2, 0.25) is 0 Å². The maximum atomic E-state index is 13.3. The molecular formula is C20H20F3N5O2. The molecule has 0 atom stereocenters. The van der Waals surface area contributed by atoms with Gasteiger partial charge in [0.15, 0.2) is 0 Å². The van der Waals surface area contributed by atoms with E-state index in [4.69, 9.17) is 0 Å². The molecule has 0 saturated carbocycles. The van der Waals surface area contributed by atoms with E-state index in [0.29, 0.717) is 28.9 Å². The number of carbonyl (C=O) groups excluding carboxylic acids is 1. The Labute approximate surface area is 170 Å². The standard InChI is InChI=1S/C20H20F3N5O2/c1-5-13-12(4)24-19(26-17(13)29)28-16(10(2)11(3)27-28)25-18(30)14-8-6-7-9-15(14)20(21,22)23/h6-9H,5H2,1-4H3,(H,25,30)(H,24,26,29). The topological polar surface area (TPSA) is 92.7 Å². The minimum atomic E-state index is -4.68. The van der Waals surface area contributed by atoms with Crippen LogP contribution in [0.4, 0.5) is 19.0 Å².